The van der Waals surface area contributed by atoms with E-state index in [1.165, 1.54) is 28.7 Å². The lowest BCUT2D eigenvalue weighted by Gasteiger charge is -2.29. The van der Waals surface area contributed by atoms with Crippen molar-refractivity contribution in [2.75, 3.05) is 78.5 Å². The minimum absolute atomic E-state index is 0.0184. The van der Waals surface area contributed by atoms with Crippen molar-refractivity contribution in [1.29, 1.82) is 0 Å². The smallest absolute Gasteiger partial charge is 0.252 e. The minimum atomic E-state index is -0.449. The summed E-state index contributed by atoms with van der Waals surface area (Å²) in [6, 6.07) is 74.5. The van der Waals surface area contributed by atoms with Gasteiger partial charge in [-0.2, -0.15) is 0 Å². The topological polar surface area (TPSA) is 378 Å². The molecule has 18 N–H and O–H groups in total. The summed E-state index contributed by atoms with van der Waals surface area (Å²) in [5.41, 5.74) is 40.9. The number of guanidine groups is 3. The Hall–Kier alpha value is -11.2. The maximum atomic E-state index is 13.9. The number of carbonyl (C=O) groups is 6. The van der Waals surface area contributed by atoms with E-state index in [0.29, 0.717) is 145 Å². The highest BCUT2D eigenvalue weighted by molar-refractivity contribution is 6.35. The van der Waals surface area contributed by atoms with Crippen LogP contribution in [-0.2, 0) is 19.2 Å². The summed E-state index contributed by atoms with van der Waals surface area (Å²) in [6.45, 7) is 6.14. The molecule has 3 aliphatic heterocycles. The molecule has 630 valence electrons. The number of amides is 6. The third-order valence-corrected chi connectivity index (χ3v) is 22.9. The van der Waals surface area contributed by atoms with Crippen molar-refractivity contribution in [3.05, 3.63) is 285 Å². The van der Waals surface area contributed by atoms with Crippen molar-refractivity contribution in [2.45, 2.75) is 144 Å². The van der Waals surface area contributed by atoms with Crippen LogP contribution in [0.1, 0.15) is 162 Å². The van der Waals surface area contributed by atoms with Crippen LogP contribution in [-0.4, -0.2) is 183 Å². The van der Waals surface area contributed by atoms with Gasteiger partial charge in [0.1, 0.15) is 0 Å². The Bertz CT molecular complexity index is 4410. The molecule has 24 nitrogen and oxygen atoms in total. The van der Waals surface area contributed by atoms with Gasteiger partial charge >= 0.3 is 0 Å². The number of nitrogens with one attached hydrogen (secondary N) is 6. The van der Waals surface area contributed by atoms with Crippen LogP contribution in [0.4, 0.5) is 0 Å². The molecule has 8 aromatic rings. The summed E-state index contributed by atoms with van der Waals surface area (Å²) in [5.74, 6) is 0.299. The maximum absolute atomic E-state index is 13.9. The normalized spacial score (nSPS) is 18.4. The first-order chi connectivity index (χ1) is 57.8. The van der Waals surface area contributed by atoms with Crippen LogP contribution >= 0.6 is 23.2 Å². The van der Waals surface area contributed by atoms with E-state index < -0.39 is 12.1 Å². The van der Waals surface area contributed by atoms with Gasteiger partial charge in [-0.25, -0.2) is 0 Å². The van der Waals surface area contributed by atoms with Gasteiger partial charge < -0.3 is 81.0 Å². The van der Waals surface area contributed by atoms with Crippen LogP contribution in [0, 0.1) is 5.92 Å². The Morgan fingerprint density at radius 2 is 0.689 bits per heavy atom. The zero-order valence-electron chi connectivity index (χ0n) is 68.0. The van der Waals surface area contributed by atoms with Crippen molar-refractivity contribution in [2.24, 2.45) is 55.3 Å². The molecule has 3 heterocycles. The average Bonchev–Trinajstić information content (AvgIpc) is 1.81. The van der Waals surface area contributed by atoms with Crippen LogP contribution in [0.3, 0.4) is 0 Å². The summed E-state index contributed by atoms with van der Waals surface area (Å²) >= 11 is 12.3. The van der Waals surface area contributed by atoms with E-state index in [1.54, 1.807) is 30.3 Å². The van der Waals surface area contributed by atoms with Crippen LogP contribution in [0.25, 0.3) is 0 Å². The van der Waals surface area contributed by atoms with E-state index in [-0.39, 0.29) is 101 Å². The largest absolute Gasteiger partial charge is 0.370 e. The van der Waals surface area contributed by atoms with Crippen molar-refractivity contribution in [3.8, 4) is 0 Å². The molecule has 0 unspecified atom stereocenters. The number of nitrogens with two attached hydrogens (primary N) is 6. The van der Waals surface area contributed by atoms with Crippen molar-refractivity contribution < 1.29 is 28.8 Å². The second kappa shape index (κ2) is 48.0. The van der Waals surface area contributed by atoms with Crippen molar-refractivity contribution in [3.63, 3.8) is 0 Å². The van der Waals surface area contributed by atoms with Crippen molar-refractivity contribution in [1.82, 2.24) is 46.6 Å². The monoisotopic (exact) mass is 1650 g/mol. The Kier molecular flexibility index (Phi) is 36.4. The first kappa shape index (κ1) is 90.2. The van der Waals surface area contributed by atoms with Gasteiger partial charge in [-0.3, -0.25) is 43.7 Å². The van der Waals surface area contributed by atoms with E-state index >= 15 is 0 Å². The van der Waals surface area contributed by atoms with Gasteiger partial charge in [-0.1, -0.05) is 243 Å². The van der Waals surface area contributed by atoms with E-state index in [9.17, 15) is 28.8 Å². The molecule has 0 spiro atoms. The zero-order valence-corrected chi connectivity index (χ0v) is 69.5. The van der Waals surface area contributed by atoms with E-state index in [4.69, 9.17) is 57.6 Å². The molecule has 26 heteroatoms. The lowest BCUT2D eigenvalue weighted by atomic mass is 9.88. The fourth-order valence-electron chi connectivity index (χ4n) is 16.0. The molecule has 3 saturated heterocycles. The molecule has 0 radical (unpaired) electrons. The Labute approximate surface area is 710 Å². The second-order valence-corrected chi connectivity index (χ2v) is 31.8. The Morgan fingerprint density at radius 3 is 1.01 bits per heavy atom. The molecule has 0 aromatic heterocycles. The number of halogens is 2. The number of rotatable bonds is 33. The highest BCUT2D eigenvalue weighted by Crippen LogP contribution is 2.32. The predicted molar refractivity (Wildman–Crippen MR) is 477 cm³/mol. The van der Waals surface area contributed by atoms with E-state index in [1.807, 2.05) is 118 Å². The van der Waals surface area contributed by atoms with Gasteiger partial charge in [0.05, 0.1) is 28.7 Å². The third-order valence-electron chi connectivity index (χ3n) is 22.4. The molecule has 4 fully saturated rings. The second-order valence-electron chi connectivity index (χ2n) is 30.9. The third kappa shape index (κ3) is 29.1. The molecular weight excluding hydrogens is 1540 g/mol. The van der Waals surface area contributed by atoms with Crippen LogP contribution in [0.2, 0.25) is 10.0 Å². The first-order valence-corrected chi connectivity index (χ1v) is 42.5. The molecule has 4 aliphatic rings. The zero-order chi connectivity index (χ0) is 84.1. The summed E-state index contributed by atoms with van der Waals surface area (Å²) in [6.07, 6.45) is 11.4. The average molecular weight is 1650 g/mol. The number of nitrogens with zero attached hydrogens (tertiary/aromatic N) is 6. The summed E-state index contributed by atoms with van der Waals surface area (Å²) < 4.78 is 0. The number of benzene rings is 8. The summed E-state index contributed by atoms with van der Waals surface area (Å²) in [4.78, 5) is 98.2. The van der Waals surface area contributed by atoms with Gasteiger partial charge in [-0.15, -0.1) is 0 Å². The standard InChI is InChI=1S/C31H36Cl2N6O2.C31H44N6O2.C31H38N6O2/c32-23-13-14-27(33)25(18-23)29(40)37-19-24-15-17-39(30(41)28(38-24)12-7-16-36-31(34)35)20-26(21-8-3-1-4-9-21)22-10-5-2-6-11-22;2*32-31(33)34-19-10-17-28-30(39)37(20-18-26(36-28)21-35-29(38)25-15-8-3-9-16-25)22-27(23-11-4-1-5-12-23)24-13-6-2-7-14-24/h1-6,8-11,13-14,18,24,26,28,38H,7,12,15-17,19-20H2,(H,37,40)(H4,34,35,36);1-2,4-7,11-14,25-28,36H,3,8-10,15-22H2,(H,35,38)(H4,32,33,34);1-9,11-16,26-28,36H,10,17-22H2,(H,35,38)(H4,32,33,34)/t24-,28-;2*26-,28-/m000/s1. The lowest BCUT2D eigenvalue weighted by molar-refractivity contribution is -0.133. The van der Waals surface area contributed by atoms with Gasteiger partial charge in [0.2, 0.25) is 23.6 Å². The molecule has 12 rings (SSSR count). The fraction of sp³-hybridized carbons (Fsp3) is 0.387. The highest BCUT2D eigenvalue weighted by atomic mass is 35.5. The molecule has 8 aromatic carbocycles. The Balaban J connectivity index is 0.000000188. The summed E-state index contributed by atoms with van der Waals surface area (Å²) in [7, 11) is 0. The number of aliphatic imine (C=N–C) groups is 3. The quantitative estimate of drug-likeness (QED) is 0.0103. The van der Waals surface area contributed by atoms with Gasteiger partial charge in [0.25, 0.3) is 11.8 Å². The molecule has 1 aliphatic carbocycles. The molecular formula is C93H118Cl2N18O6. The van der Waals surface area contributed by atoms with Gasteiger partial charge in [0, 0.05) is 131 Å². The van der Waals surface area contributed by atoms with Crippen LogP contribution in [0.5, 0.6) is 0 Å². The summed E-state index contributed by atoms with van der Waals surface area (Å²) in [5, 5.41) is 20.5. The fourth-order valence-corrected chi connectivity index (χ4v) is 16.4. The molecule has 1 saturated carbocycles. The molecule has 6 amide bonds. The first-order valence-electron chi connectivity index (χ1n) is 41.8. The van der Waals surface area contributed by atoms with Crippen LogP contribution in [0.15, 0.2) is 245 Å². The van der Waals surface area contributed by atoms with Crippen LogP contribution < -0.4 is 66.3 Å². The molecule has 119 heavy (non-hydrogen) atoms. The SMILES string of the molecule is NC(N)=NCCC[C@@H]1N[C@H](CNC(=O)C2CCCCC2)CCN(CC(c2ccccc2)c2ccccc2)C1=O.NC(N)=NCCC[C@@H]1N[C@H](CNC(=O)c2cc(Cl)ccc2Cl)CCN(CC(c2ccccc2)c2ccccc2)C1=O.NC(N)=NCCC[C@@H]1N[C@H](CNC(=O)c2ccccc2)CCN(CC(c2ccccc2)c2ccccc2)C1=O. The lowest BCUT2D eigenvalue weighted by Crippen LogP contribution is -2.49. The highest BCUT2D eigenvalue weighted by Gasteiger charge is 2.37. The Morgan fingerprint density at radius 1 is 0.387 bits per heavy atom. The van der Waals surface area contributed by atoms with E-state index in [2.05, 4.69) is 144 Å². The van der Waals surface area contributed by atoms with Gasteiger partial charge in [-0.05, 0) is 134 Å². The van der Waals surface area contributed by atoms with Crippen molar-refractivity contribution >= 4 is 76.5 Å². The molecule has 6 atom stereocenters. The predicted octanol–water partition coefficient (Wildman–Crippen LogP) is 10.2. The minimum Gasteiger partial charge on any atom is -0.370 e. The van der Waals surface area contributed by atoms with E-state index in [0.717, 1.165) is 49.7 Å². The maximum Gasteiger partial charge on any atom is 0.252 e. The van der Waals surface area contributed by atoms with Gasteiger partial charge in [0.15, 0.2) is 17.9 Å². The number of hydrogen-bond acceptors (Lipinski definition) is 12. The molecule has 0 bridgehead atoms. The number of hydrogen-bond donors (Lipinski definition) is 12. The number of carbonyl (C=O) groups excluding carboxylic acids is 6.